The first-order valence-electron chi connectivity index (χ1n) is 10.4. The molecule has 1 aliphatic rings. The molecule has 3 amide bonds. The third kappa shape index (κ3) is 4.15. The highest BCUT2D eigenvalue weighted by Gasteiger charge is 2.36. The summed E-state index contributed by atoms with van der Waals surface area (Å²) >= 11 is 0.684. The van der Waals surface area contributed by atoms with Crippen LogP contribution < -0.4 is 5.32 Å². The number of halogens is 3. The number of hydrogen-bond acceptors (Lipinski definition) is 4. The minimum Gasteiger partial charge on any atom is -0.322 e. The summed E-state index contributed by atoms with van der Waals surface area (Å²) in [5.74, 6) is -6.33. The van der Waals surface area contributed by atoms with Crippen LogP contribution in [0.1, 0.15) is 5.56 Å². The first-order valence-corrected chi connectivity index (χ1v) is 11.2. The van der Waals surface area contributed by atoms with Crippen molar-refractivity contribution in [2.24, 2.45) is 0 Å². The Bertz CT molecular complexity index is 1530. The third-order valence-electron chi connectivity index (χ3n) is 5.57. The van der Waals surface area contributed by atoms with Crippen LogP contribution in [0.4, 0.5) is 23.7 Å². The molecule has 0 saturated carbocycles. The number of nitrogens with one attached hydrogen (secondary N) is 1. The van der Waals surface area contributed by atoms with E-state index in [0.29, 0.717) is 17.8 Å². The van der Waals surface area contributed by atoms with Gasteiger partial charge in [-0.15, -0.1) is 0 Å². The molecule has 0 spiro atoms. The van der Waals surface area contributed by atoms with E-state index in [1.165, 1.54) is 0 Å². The highest BCUT2D eigenvalue weighted by atomic mass is 32.2. The number of amides is 3. The number of anilines is 1. The molecule has 0 radical (unpaired) electrons. The van der Waals surface area contributed by atoms with Gasteiger partial charge in [-0.2, -0.15) is 0 Å². The van der Waals surface area contributed by atoms with Crippen molar-refractivity contribution in [1.29, 1.82) is 0 Å². The van der Waals surface area contributed by atoms with Gasteiger partial charge in [0.05, 0.1) is 10.6 Å². The fraction of sp³-hybridized carbons (Fsp3) is 0.0385. The highest BCUT2D eigenvalue weighted by molar-refractivity contribution is 8.18. The lowest BCUT2D eigenvalue weighted by Gasteiger charge is -2.13. The molecular weight excluding hydrogens is 477 g/mol. The van der Waals surface area contributed by atoms with Gasteiger partial charge in [-0.3, -0.25) is 19.3 Å². The lowest BCUT2D eigenvalue weighted by atomic mass is 9.96. The van der Waals surface area contributed by atoms with E-state index in [2.05, 4.69) is 5.32 Å². The summed E-state index contributed by atoms with van der Waals surface area (Å²) in [5, 5.41) is 5.10. The molecule has 4 aromatic rings. The predicted molar refractivity (Wildman–Crippen MR) is 129 cm³/mol. The zero-order valence-corrected chi connectivity index (χ0v) is 18.7. The maximum atomic E-state index is 13.9. The van der Waals surface area contributed by atoms with Crippen LogP contribution in [0.5, 0.6) is 0 Å². The molecule has 5 rings (SSSR count). The summed E-state index contributed by atoms with van der Waals surface area (Å²) in [6.07, 6.45) is 1.63. The first-order chi connectivity index (χ1) is 16.8. The summed E-state index contributed by atoms with van der Waals surface area (Å²) in [4.78, 5) is 38.7. The average Bonchev–Trinajstić information content (AvgIpc) is 3.11. The van der Waals surface area contributed by atoms with Gasteiger partial charge in [-0.05, 0) is 63.1 Å². The molecule has 1 N–H and O–H groups in total. The zero-order chi connectivity index (χ0) is 24.7. The predicted octanol–water partition coefficient (Wildman–Crippen LogP) is 6.09. The van der Waals surface area contributed by atoms with Crippen molar-refractivity contribution in [3.63, 3.8) is 0 Å². The van der Waals surface area contributed by atoms with Crippen molar-refractivity contribution >= 4 is 62.1 Å². The molecule has 1 aliphatic heterocycles. The summed E-state index contributed by atoms with van der Waals surface area (Å²) in [6, 6.07) is 18.9. The van der Waals surface area contributed by atoms with E-state index in [1.807, 2.05) is 54.6 Å². The second-order valence-corrected chi connectivity index (χ2v) is 8.76. The highest BCUT2D eigenvalue weighted by Crippen LogP contribution is 2.36. The lowest BCUT2D eigenvalue weighted by molar-refractivity contribution is -0.127. The van der Waals surface area contributed by atoms with Gasteiger partial charge in [0, 0.05) is 0 Å². The van der Waals surface area contributed by atoms with E-state index in [4.69, 9.17) is 0 Å². The average molecular weight is 492 g/mol. The van der Waals surface area contributed by atoms with Crippen LogP contribution in [0.15, 0.2) is 71.6 Å². The Hall–Kier alpha value is -4.11. The second-order valence-electron chi connectivity index (χ2n) is 7.77. The number of thioether (sulfide) groups is 1. The SMILES string of the molecule is O=C(CN1C(=O)S/C(=C/c2c3ccccc3cc3ccccc23)C1=O)Nc1ccc(F)c(F)c1F. The molecule has 0 unspecified atom stereocenters. The van der Waals surface area contributed by atoms with E-state index < -0.39 is 46.7 Å². The van der Waals surface area contributed by atoms with Gasteiger partial charge >= 0.3 is 0 Å². The van der Waals surface area contributed by atoms with E-state index in [-0.39, 0.29) is 4.91 Å². The molecule has 0 aromatic heterocycles. The fourth-order valence-corrected chi connectivity index (χ4v) is 4.75. The number of carbonyl (C=O) groups excluding carboxylic acids is 3. The van der Waals surface area contributed by atoms with Crippen LogP contribution in [0.3, 0.4) is 0 Å². The maximum Gasteiger partial charge on any atom is 0.294 e. The van der Waals surface area contributed by atoms with Crippen LogP contribution in [0.25, 0.3) is 27.6 Å². The topological polar surface area (TPSA) is 66.5 Å². The van der Waals surface area contributed by atoms with Crippen LogP contribution in [-0.4, -0.2) is 28.5 Å². The molecule has 1 saturated heterocycles. The minimum atomic E-state index is -1.74. The number of nitrogens with zero attached hydrogens (tertiary/aromatic N) is 1. The number of carbonyl (C=O) groups is 3. The van der Waals surface area contributed by atoms with Gasteiger partial charge < -0.3 is 5.32 Å². The Labute approximate surface area is 201 Å². The molecule has 0 atom stereocenters. The number of benzene rings is 4. The quantitative estimate of drug-likeness (QED) is 0.213. The molecule has 35 heavy (non-hydrogen) atoms. The summed E-state index contributed by atoms with van der Waals surface area (Å²) in [5.41, 5.74) is 0.163. The van der Waals surface area contributed by atoms with E-state index in [9.17, 15) is 27.6 Å². The van der Waals surface area contributed by atoms with Crippen molar-refractivity contribution in [2.75, 3.05) is 11.9 Å². The Morgan fingerprint density at radius 2 is 1.51 bits per heavy atom. The number of fused-ring (bicyclic) bond motifs is 2. The van der Waals surface area contributed by atoms with Crippen molar-refractivity contribution in [2.45, 2.75) is 0 Å². The van der Waals surface area contributed by atoms with Gasteiger partial charge in [-0.25, -0.2) is 13.2 Å². The molecule has 0 bridgehead atoms. The van der Waals surface area contributed by atoms with Gasteiger partial charge in [0.25, 0.3) is 11.1 Å². The second kappa shape index (κ2) is 8.92. The monoisotopic (exact) mass is 492 g/mol. The van der Waals surface area contributed by atoms with E-state index in [1.54, 1.807) is 6.08 Å². The molecule has 4 aromatic carbocycles. The first kappa shape index (κ1) is 22.7. The standard InChI is InChI=1S/C26H15F3N2O3S/c27-19-9-10-20(24(29)23(19)28)30-22(32)13-31-25(33)21(35-26(31)34)12-18-16-7-3-1-5-14(16)11-15-6-2-4-8-17(15)18/h1-12H,13H2,(H,30,32)/b21-12+. The molecule has 174 valence electrons. The smallest absolute Gasteiger partial charge is 0.294 e. The Kier molecular flexibility index (Phi) is 5.78. The van der Waals surface area contributed by atoms with Gasteiger partial charge in [0.1, 0.15) is 6.54 Å². The Balaban J connectivity index is 1.44. The summed E-state index contributed by atoms with van der Waals surface area (Å²) < 4.78 is 40.4. The van der Waals surface area contributed by atoms with E-state index in [0.717, 1.165) is 38.1 Å². The van der Waals surface area contributed by atoms with Crippen molar-refractivity contribution in [3.8, 4) is 0 Å². The molecule has 1 fully saturated rings. The minimum absolute atomic E-state index is 0.128. The van der Waals surface area contributed by atoms with Crippen LogP contribution in [0.2, 0.25) is 0 Å². The van der Waals surface area contributed by atoms with Crippen molar-refractivity contribution in [1.82, 2.24) is 4.90 Å². The van der Waals surface area contributed by atoms with Crippen LogP contribution in [-0.2, 0) is 9.59 Å². The largest absolute Gasteiger partial charge is 0.322 e. The lowest BCUT2D eigenvalue weighted by Crippen LogP contribution is -2.36. The molecule has 9 heteroatoms. The fourth-order valence-electron chi connectivity index (χ4n) is 3.93. The normalized spacial score (nSPS) is 14.9. The molecular formula is C26H15F3N2O3S. The summed E-state index contributed by atoms with van der Waals surface area (Å²) in [6.45, 7) is -0.712. The number of imide groups is 1. The third-order valence-corrected chi connectivity index (χ3v) is 6.48. The van der Waals surface area contributed by atoms with Gasteiger partial charge in [-0.1, -0.05) is 48.5 Å². The van der Waals surface area contributed by atoms with Crippen molar-refractivity contribution < 1.29 is 27.6 Å². The molecule has 1 heterocycles. The molecule has 0 aliphatic carbocycles. The Morgan fingerprint density at radius 1 is 0.886 bits per heavy atom. The molecule has 5 nitrogen and oxygen atoms in total. The van der Waals surface area contributed by atoms with Crippen molar-refractivity contribution in [3.05, 3.63) is 94.7 Å². The van der Waals surface area contributed by atoms with Crippen LogP contribution in [0, 0.1) is 17.5 Å². The van der Waals surface area contributed by atoms with Gasteiger partial charge in [0.15, 0.2) is 17.5 Å². The van der Waals surface area contributed by atoms with Gasteiger partial charge in [0.2, 0.25) is 5.91 Å². The Morgan fingerprint density at radius 3 is 2.17 bits per heavy atom. The van der Waals surface area contributed by atoms with E-state index >= 15 is 0 Å². The summed E-state index contributed by atoms with van der Waals surface area (Å²) in [7, 11) is 0. The maximum absolute atomic E-state index is 13.9. The van der Waals surface area contributed by atoms with Crippen LogP contribution >= 0.6 is 11.8 Å². The number of hydrogen-bond donors (Lipinski definition) is 1. The zero-order valence-electron chi connectivity index (χ0n) is 17.8. The number of rotatable bonds is 4.